The molecule has 1 N–H and O–H groups in total. The van der Waals surface area contributed by atoms with E-state index in [0.717, 1.165) is 25.1 Å². The van der Waals surface area contributed by atoms with Gasteiger partial charge < -0.3 is 10.1 Å². The summed E-state index contributed by atoms with van der Waals surface area (Å²) in [4.78, 5) is 0. The van der Waals surface area contributed by atoms with Crippen LogP contribution in [0.5, 0.6) is 0 Å². The molecule has 0 aliphatic heterocycles. The van der Waals surface area contributed by atoms with Gasteiger partial charge in [0.15, 0.2) is 0 Å². The van der Waals surface area contributed by atoms with E-state index in [1.165, 1.54) is 37.8 Å². The van der Waals surface area contributed by atoms with Gasteiger partial charge in [0.2, 0.25) is 0 Å². The van der Waals surface area contributed by atoms with E-state index in [2.05, 4.69) is 12.2 Å². The van der Waals surface area contributed by atoms with Crippen LogP contribution in [0, 0.1) is 5.82 Å². The Balaban J connectivity index is 2.34. The summed E-state index contributed by atoms with van der Waals surface area (Å²) in [6.45, 7) is 3.74. The van der Waals surface area contributed by atoms with Crippen LogP contribution < -0.4 is 5.32 Å². The second-order valence-electron chi connectivity index (χ2n) is 4.88. The maximum absolute atomic E-state index is 12.9. The van der Waals surface area contributed by atoms with Gasteiger partial charge in [-0.25, -0.2) is 4.39 Å². The number of ether oxygens (including phenoxy) is 1. The Morgan fingerprint density at radius 1 is 1.11 bits per heavy atom. The van der Waals surface area contributed by atoms with Crippen molar-refractivity contribution >= 4 is 0 Å². The smallest absolute Gasteiger partial charge is 0.123 e. The Morgan fingerprint density at radius 3 is 2.42 bits per heavy atom. The average Bonchev–Trinajstić information content (AvgIpc) is 2.42. The molecule has 0 aromatic heterocycles. The first-order chi connectivity index (χ1) is 9.27. The van der Waals surface area contributed by atoms with Gasteiger partial charge in [-0.1, -0.05) is 44.7 Å². The standard InChI is InChI=1S/C16H26FNO/c1-3-4-5-6-7-12-19-16(13-18-2)14-8-10-15(17)11-9-14/h8-11,16,18H,3-7,12-13H2,1-2H3. The molecule has 0 radical (unpaired) electrons. The first-order valence-corrected chi connectivity index (χ1v) is 7.29. The molecule has 0 saturated carbocycles. The molecule has 0 bridgehead atoms. The lowest BCUT2D eigenvalue weighted by Crippen LogP contribution is -2.20. The van der Waals surface area contributed by atoms with Crippen molar-refractivity contribution in [3.05, 3.63) is 35.6 Å². The highest BCUT2D eigenvalue weighted by Crippen LogP contribution is 2.18. The number of unbranched alkanes of at least 4 members (excludes halogenated alkanes) is 4. The van der Waals surface area contributed by atoms with Gasteiger partial charge in [0.25, 0.3) is 0 Å². The molecule has 1 atom stereocenters. The van der Waals surface area contributed by atoms with Crippen molar-refractivity contribution in [1.29, 1.82) is 0 Å². The van der Waals surface area contributed by atoms with E-state index in [4.69, 9.17) is 4.74 Å². The van der Waals surface area contributed by atoms with Gasteiger partial charge in [-0.3, -0.25) is 0 Å². The summed E-state index contributed by atoms with van der Waals surface area (Å²) >= 11 is 0. The Bertz CT molecular complexity index is 326. The molecule has 1 unspecified atom stereocenters. The molecule has 0 amide bonds. The minimum atomic E-state index is -0.202. The van der Waals surface area contributed by atoms with E-state index >= 15 is 0 Å². The van der Waals surface area contributed by atoms with Crippen LogP contribution in [0.3, 0.4) is 0 Å². The van der Waals surface area contributed by atoms with Crippen LogP contribution >= 0.6 is 0 Å². The molecule has 0 aliphatic rings. The van der Waals surface area contributed by atoms with Crippen molar-refractivity contribution < 1.29 is 9.13 Å². The number of benzene rings is 1. The van der Waals surface area contributed by atoms with E-state index in [-0.39, 0.29) is 11.9 Å². The zero-order chi connectivity index (χ0) is 13.9. The number of hydrogen-bond donors (Lipinski definition) is 1. The number of halogens is 1. The highest BCUT2D eigenvalue weighted by atomic mass is 19.1. The summed E-state index contributed by atoms with van der Waals surface area (Å²) in [5, 5.41) is 3.12. The van der Waals surface area contributed by atoms with Gasteiger partial charge >= 0.3 is 0 Å². The average molecular weight is 267 g/mol. The van der Waals surface area contributed by atoms with Crippen molar-refractivity contribution in [2.24, 2.45) is 0 Å². The highest BCUT2D eigenvalue weighted by molar-refractivity contribution is 5.19. The molecular weight excluding hydrogens is 241 g/mol. The normalized spacial score (nSPS) is 12.6. The van der Waals surface area contributed by atoms with E-state index < -0.39 is 0 Å². The van der Waals surface area contributed by atoms with Crippen LogP contribution in [-0.2, 0) is 4.74 Å². The van der Waals surface area contributed by atoms with Crippen molar-refractivity contribution in [2.45, 2.75) is 45.1 Å². The largest absolute Gasteiger partial charge is 0.372 e. The minimum absolute atomic E-state index is 0.0109. The molecule has 1 rings (SSSR count). The molecule has 0 saturated heterocycles. The van der Waals surface area contributed by atoms with Crippen LogP contribution in [-0.4, -0.2) is 20.2 Å². The second-order valence-corrected chi connectivity index (χ2v) is 4.88. The fourth-order valence-electron chi connectivity index (χ4n) is 2.07. The lowest BCUT2D eigenvalue weighted by atomic mass is 10.1. The molecule has 0 aliphatic carbocycles. The van der Waals surface area contributed by atoms with Crippen molar-refractivity contribution in [3.63, 3.8) is 0 Å². The summed E-state index contributed by atoms with van der Waals surface area (Å²) in [6, 6.07) is 6.58. The summed E-state index contributed by atoms with van der Waals surface area (Å²) < 4.78 is 18.8. The number of nitrogens with one attached hydrogen (secondary N) is 1. The van der Waals surface area contributed by atoms with E-state index in [9.17, 15) is 4.39 Å². The monoisotopic (exact) mass is 267 g/mol. The molecule has 0 heterocycles. The molecule has 19 heavy (non-hydrogen) atoms. The summed E-state index contributed by atoms with van der Waals surface area (Å²) in [5.74, 6) is -0.202. The summed E-state index contributed by atoms with van der Waals surface area (Å²) in [7, 11) is 1.90. The van der Waals surface area contributed by atoms with E-state index in [1.54, 1.807) is 12.1 Å². The quantitative estimate of drug-likeness (QED) is 0.645. The zero-order valence-corrected chi connectivity index (χ0v) is 12.1. The van der Waals surface area contributed by atoms with Crippen LogP contribution in [0.2, 0.25) is 0 Å². The zero-order valence-electron chi connectivity index (χ0n) is 12.1. The minimum Gasteiger partial charge on any atom is -0.372 e. The van der Waals surface area contributed by atoms with Crippen LogP contribution in [0.15, 0.2) is 24.3 Å². The number of rotatable bonds is 10. The van der Waals surface area contributed by atoms with Gasteiger partial charge in [0.05, 0.1) is 6.10 Å². The fourth-order valence-corrected chi connectivity index (χ4v) is 2.07. The lowest BCUT2D eigenvalue weighted by molar-refractivity contribution is 0.0511. The molecule has 1 aromatic carbocycles. The van der Waals surface area contributed by atoms with Crippen LogP contribution in [0.1, 0.15) is 50.7 Å². The van der Waals surface area contributed by atoms with Crippen LogP contribution in [0.4, 0.5) is 4.39 Å². The molecule has 108 valence electrons. The number of hydrogen-bond acceptors (Lipinski definition) is 2. The SMILES string of the molecule is CCCCCCCOC(CNC)c1ccc(F)cc1. The lowest BCUT2D eigenvalue weighted by Gasteiger charge is -2.18. The predicted octanol–water partition coefficient (Wildman–Crippen LogP) is 4.07. The van der Waals surface area contributed by atoms with E-state index in [0.29, 0.717) is 0 Å². The Morgan fingerprint density at radius 2 is 1.79 bits per heavy atom. The third kappa shape index (κ3) is 6.69. The topological polar surface area (TPSA) is 21.3 Å². The first-order valence-electron chi connectivity index (χ1n) is 7.29. The van der Waals surface area contributed by atoms with Crippen molar-refractivity contribution in [1.82, 2.24) is 5.32 Å². The summed E-state index contributed by atoms with van der Waals surface area (Å²) in [5.41, 5.74) is 1.03. The van der Waals surface area contributed by atoms with E-state index in [1.807, 2.05) is 7.05 Å². The second kappa shape index (κ2) is 9.93. The molecular formula is C16H26FNO. The molecule has 3 heteroatoms. The third-order valence-electron chi connectivity index (χ3n) is 3.20. The first kappa shape index (κ1) is 16.1. The molecule has 2 nitrogen and oxygen atoms in total. The maximum Gasteiger partial charge on any atom is 0.123 e. The molecule has 0 fully saturated rings. The van der Waals surface area contributed by atoms with Crippen LogP contribution in [0.25, 0.3) is 0 Å². The molecule has 1 aromatic rings. The summed E-state index contributed by atoms with van der Waals surface area (Å²) in [6.07, 6.45) is 6.19. The number of likely N-dealkylation sites (N-methyl/N-ethyl adjacent to an activating group) is 1. The van der Waals surface area contributed by atoms with Gasteiger partial charge in [-0.2, -0.15) is 0 Å². The Kier molecular flexibility index (Phi) is 8.43. The van der Waals surface area contributed by atoms with Crippen molar-refractivity contribution in [2.75, 3.05) is 20.2 Å². The predicted molar refractivity (Wildman–Crippen MR) is 77.8 cm³/mol. The fraction of sp³-hybridized carbons (Fsp3) is 0.625. The van der Waals surface area contributed by atoms with Gasteiger partial charge in [0.1, 0.15) is 5.82 Å². The van der Waals surface area contributed by atoms with Gasteiger partial charge in [-0.05, 0) is 31.2 Å². The van der Waals surface area contributed by atoms with Gasteiger partial charge in [0, 0.05) is 13.2 Å². The Hall–Kier alpha value is -0.930. The van der Waals surface area contributed by atoms with Gasteiger partial charge in [-0.15, -0.1) is 0 Å². The third-order valence-corrected chi connectivity index (χ3v) is 3.20. The Labute approximate surface area is 116 Å². The molecule has 0 spiro atoms. The highest BCUT2D eigenvalue weighted by Gasteiger charge is 2.10. The maximum atomic E-state index is 12.9. The van der Waals surface area contributed by atoms with Crippen molar-refractivity contribution in [3.8, 4) is 0 Å².